The minimum atomic E-state index is 0.0856. The Labute approximate surface area is 133 Å². The number of likely N-dealkylation sites (N-methyl/N-ethyl adjacent to an activating group) is 1. The summed E-state index contributed by atoms with van der Waals surface area (Å²) in [7, 11) is 1.84. The van der Waals surface area contributed by atoms with Crippen molar-refractivity contribution < 1.29 is 4.79 Å². The Kier molecular flexibility index (Phi) is 5.59. The van der Waals surface area contributed by atoms with Crippen LogP contribution in [0.25, 0.3) is 0 Å². The zero-order valence-corrected chi connectivity index (χ0v) is 13.5. The van der Waals surface area contributed by atoms with E-state index in [4.69, 9.17) is 0 Å². The summed E-state index contributed by atoms with van der Waals surface area (Å²) in [5.74, 6) is 0.517. The lowest BCUT2D eigenvalue weighted by Crippen LogP contribution is -2.31. The molecule has 0 saturated carbocycles. The molecule has 0 saturated heterocycles. The van der Waals surface area contributed by atoms with Gasteiger partial charge in [-0.2, -0.15) is 0 Å². The monoisotopic (exact) mass is 296 g/mol. The molecule has 0 bridgehead atoms. The normalized spacial score (nSPS) is 10.5. The van der Waals surface area contributed by atoms with Crippen molar-refractivity contribution in [1.29, 1.82) is 0 Å². The first-order valence-electron chi connectivity index (χ1n) is 7.68. The molecule has 0 aliphatic carbocycles. The van der Waals surface area contributed by atoms with Crippen molar-refractivity contribution in [2.24, 2.45) is 0 Å². The SMILES string of the molecule is CC(C)c1ccccc1NCC(=O)N(C)Cc1ccccc1. The number of nitrogens with one attached hydrogen (secondary N) is 1. The number of benzene rings is 2. The molecule has 1 N–H and O–H groups in total. The molecule has 1 amide bonds. The Morgan fingerprint density at radius 3 is 2.36 bits per heavy atom. The van der Waals surface area contributed by atoms with Gasteiger partial charge in [-0.3, -0.25) is 4.79 Å². The van der Waals surface area contributed by atoms with Gasteiger partial charge < -0.3 is 10.2 Å². The van der Waals surface area contributed by atoms with Crippen LogP contribution in [0.1, 0.15) is 30.9 Å². The maximum atomic E-state index is 12.3. The highest BCUT2D eigenvalue weighted by Gasteiger charge is 2.11. The summed E-state index contributed by atoms with van der Waals surface area (Å²) in [6, 6.07) is 18.2. The van der Waals surface area contributed by atoms with Gasteiger partial charge in [-0.25, -0.2) is 0 Å². The number of nitrogens with zero attached hydrogens (tertiary/aromatic N) is 1. The second kappa shape index (κ2) is 7.64. The number of hydrogen-bond donors (Lipinski definition) is 1. The highest BCUT2D eigenvalue weighted by Crippen LogP contribution is 2.23. The number of anilines is 1. The Hall–Kier alpha value is -2.29. The van der Waals surface area contributed by atoms with Gasteiger partial charge in [0.1, 0.15) is 0 Å². The van der Waals surface area contributed by atoms with E-state index < -0.39 is 0 Å². The van der Waals surface area contributed by atoms with Crippen molar-refractivity contribution in [3.05, 3.63) is 65.7 Å². The molecule has 116 valence electrons. The minimum absolute atomic E-state index is 0.0856. The second-order valence-electron chi connectivity index (χ2n) is 5.83. The Balaban J connectivity index is 1.93. The number of rotatable bonds is 6. The van der Waals surface area contributed by atoms with Crippen LogP contribution in [-0.2, 0) is 11.3 Å². The molecule has 2 aromatic carbocycles. The smallest absolute Gasteiger partial charge is 0.241 e. The first-order chi connectivity index (χ1) is 10.6. The van der Waals surface area contributed by atoms with Crippen LogP contribution < -0.4 is 5.32 Å². The summed E-state index contributed by atoms with van der Waals surface area (Å²) < 4.78 is 0. The largest absolute Gasteiger partial charge is 0.376 e. The highest BCUT2D eigenvalue weighted by molar-refractivity contribution is 5.81. The Morgan fingerprint density at radius 1 is 1.05 bits per heavy atom. The van der Waals surface area contributed by atoms with E-state index in [2.05, 4.69) is 25.2 Å². The Morgan fingerprint density at radius 2 is 1.68 bits per heavy atom. The summed E-state index contributed by atoms with van der Waals surface area (Å²) in [5, 5.41) is 3.27. The van der Waals surface area contributed by atoms with Gasteiger partial charge in [0.2, 0.25) is 5.91 Å². The molecule has 0 fully saturated rings. The van der Waals surface area contributed by atoms with Crippen LogP contribution in [0.3, 0.4) is 0 Å². The van der Waals surface area contributed by atoms with Gasteiger partial charge in [-0.1, -0.05) is 62.4 Å². The maximum Gasteiger partial charge on any atom is 0.241 e. The van der Waals surface area contributed by atoms with E-state index in [1.807, 2.05) is 55.6 Å². The van der Waals surface area contributed by atoms with Crippen molar-refractivity contribution in [2.75, 3.05) is 18.9 Å². The van der Waals surface area contributed by atoms with Crippen molar-refractivity contribution in [3.63, 3.8) is 0 Å². The van der Waals surface area contributed by atoms with Crippen LogP contribution >= 0.6 is 0 Å². The van der Waals surface area contributed by atoms with E-state index >= 15 is 0 Å². The van der Waals surface area contributed by atoms with Crippen molar-refractivity contribution >= 4 is 11.6 Å². The van der Waals surface area contributed by atoms with Gasteiger partial charge >= 0.3 is 0 Å². The van der Waals surface area contributed by atoms with E-state index in [0.29, 0.717) is 19.0 Å². The Bertz CT molecular complexity index is 608. The predicted octanol–water partition coefficient (Wildman–Crippen LogP) is 3.88. The molecule has 0 aromatic heterocycles. The van der Waals surface area contributed by atoms with Crippen molar-refractivity contribution in [1.82, 2.24) is 4.90 Å². The topological polar surface area (TPSA) is 32.3 Å². The van der Waals surface area contributed by atoms with E-state index in [1.165, 1.54) is 5.56 Å². The van der Waals surface area contributed by atoms with Crippen LogP contribution in [0.15, 0.2) is 54.6 Å². The average molecular weight is 296 g/mol. The van der Waals surface area contributed by atoms with Crippen LogP contribution in [-0.4, -0.2) is 24.4 Å². The molecule has 2 aromatic rings. The predicted molar refractivity (Wildman–Crippen MR) is 91.9 cm³/mol. The second-order valence-corrected chi connectivity index (χ2v) is 5.83. The van der Waals surface area contributed by atoms with Gasteiger partial charge in [0.05, 0.1) is 6.54 Å². The number of carbonyl (C=O) groups is 1. The van der Waals surface area contributed by atoms with Gasteiger partial charge in [-0.15, -0.1) is 0 Å². The van der Waals surface area contributed by atoms with Gasteiger partial charge in [-0.05, 0) is 23.1 Å². The van der Waals surface area contributed by atoms with Gasteiger partial charge in [0, 0.05) is 19.3 Å². The van der Waals surface area contributed by atoms with E-state index in [0.717, 1.165) is 11.3 Å². The van der Waals surface area contributed by atoms with Gasteiger partial charge in [0.25, 0.3) is 0 Å². The molecule has 0 unspecified atom stereocenters. The molecule has 0 aliphatic heterocycles. The maximum absolute atomic E-state index is 12.3. The van der Waals surface area contributed by atoms with Crippen LogP contribution in [0.2, 0.25) is 0 Å². The number of para-hydroxylation sites is 1. The first-order valence-corrected chi connectivity index (χ1v) is 7.68. The fourth-order valence-corrected chi connectivity index (χ4v) is 2.41. The molecule has 22 heavy (non-hydrogen) atoms. The van der Waals surface area contributed by atoms with E-state index in [9.17, 15) is 4.79 Å². The third kappa shape index (κ3) is 4.35. The molecule has 3 nitrogen and oxygen atoms in total. The first kappa shape index (κ1) is 16.1. The fourth-order valence-electron chi connectivity index (χ4n) is 2.41. The summed E-state index contributed by atoms with van der Waals surface area (Å²) >= 11 is 0. The zero-order chi connectivity index (χ0) is 15.9. The van der Waals surface area contributed by atoms with Gasteiger partial charge in [0.15, 0.2) is 0 Å². The van der Waals surface area contributed by atoms with Crippen molar-refractivity contribution in [2.45, 2.75) is 26.3 Å². The van der Waals surface area contributed by atoms with Crippen LogP contribution in [0.5, 0.6) is 0 Å². The summed E-state index contributed by atoms with van der Waals surface area (Å²) in [6.45, 7) is 5.26. The lowest BCUT2D eigenvalue weighted by atomic mass is 10.0. The number of hydrogen-bond acceptors (Lipinski definition) is 2. The third-order valence-corrected chi connectivity index (χ3v) is 3.70. The molecule has 0 aliphatic rings. The standard InChI is InChI=1S/C19H24N2O/c1-15(2)17-11-7-8-12-18(17)20-13-19(22)21(3)14-16-9-5-4-6-10-16/h4-12,15,20H,13-14H2,1-3H3. The molecule has 0 atom stereocenters. The fraction of sp³-hybridized carbons (Fsp3) is 0.316. The summed E-state index contributed by atoms with van der Waals surface area (Å²) in [6.07, 6.45) is 0. The molecule has 0 spiro atoms. The molecule has 2 rings (SSSR count). The van der Waals surface area contributed by atoms with Crippen LogP contribution in [0, 0.1) is 0 Å². The highest BCUT2D eigenvalue weighted by atomic mass is 16.2. The summed E-state index contributed by atoms with van der Waals surface area (Å²) in [4.78, 5) is 14.0. The average Bonchev–Trinajstić information content (AvgIpc) is 2.53. The lowest BCUT2D eigenvalue weighted by Gasteiger charge is -2.19. The molecular formula is C19H24N2O. The zero-order valence-electron chi connectivity index (χ0n) is 13.5. The number of amides is 1. The molecule has 0 heterocycles. The molecular weight excluding hydrogens is 272 g/mol. The number of carbonyl (C=O) groups excluding carboxylic acids is 1. The van der Waals surface area contributed by atoms with E-state index in [1.54, 1.807) is 4.90 Å². The van der Waals surface area contributed by atoms with Crippen molar-refractivity contribution in [3.8, 4) is 0 Å². The minimum Gasteiger partial charge on any atom is -0.376 e. The van der Waals surface area contributed by atoms with E-state index in [-0.39, 0.29) is 5.91 Å². The lowest BCUT2D eigenvalue weighted by molar-refractivity contribution is -0.128. The third-order valence-electron chi connectivity index (χ3n) is 3.70. The summed E-state index contributed by atoms with van der Waals surface area (Å²) in [5.41, 5.74) is 3.42. The quantitative estimate of drug-likeness (QED) is 0.877. The molecule has 3 heteroatoms. The van der Waals surface area contributed by atoms with Crippen LogP contribution in [0.4, 0.5) is 5.69 Å². The molecule has 0 radical (unpaired) electrons.